The maximum atomic E-state index is 12.3. The average Bonchev–Trinajstić information content (AvgIpc) is 1.99. The Balaban J connectivity index is 3.47. The molecule has 0 saturated carbocycles. The number of aromatic nitrogens is 1. The molecule has 0 spiro atoms. The molecule has 1 nitrogen and oxygen atoms in total. The number of halogens is 6. The summed E-state index contributed by atoms with van der Waals surface area (Å²) in [5.41, 5.74) is -2.76. The van der Waals surface area contributed by atoms with E-state index >= 15 is 0 Å². The molecule has 0 saturated heterocycles. The minimum atomic E-state index is -4.86. The van der Waals surface area contributed by atoms with E-state index in [0.29, 0.717) is 6.07 Å². The summed E-state index contributed by atoms with van der Waals surface area (Å²) in [6, 6.07) is 0.549. The van der Waals surface area contributed by atoms with Gasteiger partial charge in [-0.1, -0.05) is 11.6 Å². The topological polar surface area (TPSA) is 12.9 Å². The van der Waals surface area contributed by atoms with Gasteiger partial charge in [-0.15, -0.1) is 0 Å². The first-order valence-corrected chi connectivity index (χ1v) is 4.13. The number of rotatable bonds is 1. The maximum absolute atomic E-state index is 12.3. The van der Waals surface area contributed by atoms with Crippen molar-refractivity contribution in [2.75, 3.05) is 0 Å². The zero-order valence-electron chi connectivity index (χ0n) is 7.37. The van der Waals surface area contributed by atoms with Crippen LogP contribution < -0.4 is 0 Å². The Hall–Kier alpha value is -0.910. The molecule has 0 aliphatic carbocycles. The maximum Gasteiger partial charge on any atom is 0.417 e. The molecule has 0 unspecified atom stereocenters. The van der Waals surface area contributed by atoms with Crippen LogP contribution in [0.4, 0.5) is 22.0 Å². The molecule has 7 heteroatoms. The van der Waals surface area contributed by atoms with E-state index in [4.69, 9.17) is 11.6 Å². The zero-order valence-corrected chi connectivity index (χ0v) is 8.13. The molecule has 1 aromatic rings. The van der Waals surface area contributed by atoms with Crippen molar-refractivity contribution >= 4 is 11.6 Å². The number of nitrogens with zero attached hydrogens (tertiary/aromatic N) is 1. The van der Waals surface area contributed by atoms with E-state index in [2.05, 4.69) is 4.98 Å². The molecule has 0 aliphatic heterocycles. The lowest BCUT2D eigenvalue weighted by Gasteiger charge is -2.13. The molecule has 0 atom stereocenters. The molecule has 0 bridgehead atoms. The Morgan fingerprint density at radius 1 is 1.33 bits per heavy atom. The van der Waals surface area contributed by atoms with Crippen LogP contribution in [-0.2, 0) is 6.18 Å². The number of alkyl halides is 5. The highest BCUT2D eigenvalue weighted by atomic mass is 35.5. The van der Waals surface area contributed by atoms with Gasteiger partial charge in [-0.05, 0) is 13.0 Å². The van der Waals surface area contributed by atoms with Crippen molar-refractivity contribution in [3.63, 3.8) is 0 Å². The Morgan fingerprint density at radius 3 is 2.27 bits per heavy atom. The number of aryl methyl sites for hydroxylation is 1. The minimum Gasteiger partial charge on any atom is -0.241 e. The van der Waals surface area contributed by atoms with Crippen molar-refractivity contribution in [1.82, 2.24) is 4.98 Å². The van der Waals surface area contributed by atoms with Crippen LogP contribution in [0.2, 0.25) is 5.15 Å². The third kappa shape index (κ3) is 2.56. The second-order valence-electron chi connectivity index (χ2n) is 2.81. The molecule has 84 valence electrons. The molecular weight excluding hydrogens is 241 g/mol. The molecule has 1 rings (SSSR count). The predicted molar refractivity (Wildman–Crippen MR) is 43.9 cm³/mol. The van der Waals surface area contributed by atoms with Crippen molar-refractivity contribution in [3.05, 3.63) is 28.0 Å². The molecule has 0 fully saturated rings. The predicted octanol–water partition coefficient (Wildman–Crippen LogP) is 4.00. The van der Waals surface area contributed by atoms with E-state index in [9.17, 15) is 22.0 Å². The van der Waals surface area contributed by atoms with Crippen LogP contribution >= 0.6 is 11.6 Å². The van der Waals surface area contributed by atoms with Crippen LogP contribution in [0, 0.1) is 6.92 Å². The highest BCUT2D eigenvalue weighted by Crippen LogP contribution is 2.39. The lowest BCUT2D eigenvalue weighted by molar-refractivity contribution is -0.139. The summed E-state index contributed by atoms with van der Waals surface area (Å²) in [6.07, 6.45) is -8.16. The van der Waals surface area contributed by atoms with Crippen LogP contribution in [-0.4, -0.2) is 4.98 Å². The molecule has 1 heterocycles. The lowest BCUT2D eigenvalue weighted by Crippen LogP contribution is -2.11. The quantitative estimate of drug-likeness (QED) is 0.538. The molecule has 0 amide bonds. The fraction of sp³-hybridized carbons (Fsp3) is 0.375. The van der Waals surface area contributed by atoms with E-state index in [-0.39, 0.29) is 5.69 Å². The van der Waals surface area contributed by atoms with Gasteiger partial charge in [0, 0.05) is 5.69 Å². The molecule has 0 N–H and O–H groups in total. The van der Waals surface area contributed by atoms with E-state index in [0.717, 1.165) is 0 Å². The van der Waals surface area contributed by atoms with Gasteiger partial charge in [0.2, 0.25) is 0 Å². The summed E-state index contributed by atoms with van der Waals surface area (Å²) in [4.78, 5) is 3.35. The van der Waals surface area contributed by atoms with Crippen LogP contribution in [0.15, 0.2) is 6.07 Å². The van der Waals surface area contributed by atoms with Crippen molar-refractivity contribution in [2.45, 2.75) is 19.5 Å². The van der Waals surface area contributed by atoms with Crippen LogP contribution in [0.5, 0.6) is 0 Å². The van der Waals surface area contributed by atoms with Gasteiger partial charge >= 0.3 is 6.18 Å². The molecule has 0 aromatic carbocycles. The highest BCUT2D eigenvalue weighted by Gasteiger charge is 2.37. The van der Waals surface area contributed by atoms with Gasteiger partial charge < -0.3 is 0 Å². The third-order valence-corrected chi connectivity index (χ3v) is 1.95. The Labute approximate surface area is 86.9 Å². The standard InChI is InChI=1S/C8H5ClF5N/c1-3-2-4(8(12,13)14)5(7(10)11)6(9)15-3/h2,7H,1H3. The van der Waals surface area contributed by atoms with Gasteiger partial charge in [-0.3, -0.25) is 0 Å². The SMILES string of the molecule is Cc1cc(C(F)(F)F)c(C(F)F)c(Cl)n1. The normalized spacial score (nSPS) is 12.3. The van der Waals surface area contributed by atoms with Crippen molar-refractivity contribution < 1.29 is 22.0 Å². The fourth-order valence-corrected chi connectivity index (χ4v) is 1.40. The van der Waals surface area contributed by atoms with E-state index < -0.39 is 28.9 Å². The summed E-state index contributed by atoms with van der Waals surface area (Å²) >= 11 is 5.24. The highest BCUT2D eigenvalue weighted by molar-refractivity contribution is 6.30. The van der Waals surface area contributed by atoms with Crippen molar-refractivity contribution in [3.8, 4) is 0 Å². The van der Waals surface area contributed by atoms with Crippen LogP contribution in [0.25, 0.3) is 0 Å². The first-order chi connectivity index (χ1) is 6.73. The van der Waals surface area contributed by atoms with Gasteiger partial charge in [0.1, 0.15) is 5.15 Å². The zero-order chi connectivity index (χ0) is 11.8. The second kappa shape index (κ2) is 3.92. The summed E-state index contributed by atoms with van der Waals surface area (Å²) in [6.45, 7) is 1.25. The van der Waals surface area contributed by atoms with E-state index in [1.807, 2.05) is 0 Å². The summed E-state index contributed by atoms with van der Waals surface area (Å²) in [7, 11) is 0. The fourth-order valence-electron chi connectivity index (χ4n) is 1.09. The number of pyridine rings is 1. The number of hydrogen-bond donors (Lipinski definition) is 0. The third-order valence-electron chi connectivity index (χ3n) is 1.66. The largest absolute Gasteiger partial charge is 0.417 e. The molecular formula is C8H5ClF5N. The van der Waals surface area contributed by atoms with Gasteiger partial charge in [-0.25, -0.2) is 13.8 Å². The molecule has 1 aromatic heterocycles. The Bertz CT molecular complexity index is 374. The number of hydrogen-bond acceptors (Lipinski definition) is 1. The van der Waals surface area contributed by atoms with Crippen LogP contribution in [0.3, 0.4) is 0 Å². The van der Waals surface area contributed by atoms with Gasteiger partial charge in [-0.2, -0.15) is 13.2 Å². The first-order valence-electron chi connectivity index (χ1n) is 3.76. The molecule has 15 heavy (non-hydrogen) atoms. The Morgan fingerprint density at radius 2 is 1.87 bits per heavy atom. The average molecular weight is 246 g/mol. The summed E-state index contributed by atoms with van der Waals surface area (Å²) in [5, 5.41) is -0.808. The summed E-state index contributed by atoms with van der Waals surface area (Å²) < 4.78 is 61.7. The smallest absolute Gasteiger partial charge is 0.241 e. The molecule has 0 radical (unpaired) electrons. The minimum absolute atomic E-state index is 0.0586. The van der Waals surface area contributed by atoms with E-state index in [1.165, 1.54) is 6.92 Å². The summed E-state index contributed by atoms with van der Waals surface area (Å²) in [5.74, 6) is 0. The lowest BCUT2D eigenvalue weighted by atomic mass is 10.1. The monoisotopic (exact) mass is 245 g/mol. The van der Waals surface area contributed by atoms with Gasteiger partial charge in [0.15, 0.2) is 0 Å². The Kier molecular flexibility index (Phi) is 3.18. The van der Waals surface area contributed by atoms with Gasteiger partial charge in [0.05, 0.1) is 11.1 Å². The first kappa shape index (κ1) is 12.2. The van der Waals surface area contributed by atoms with Crippen LogP contribution in [0.1, 0.15) is 23.2 Å². The van der Waals surface area contributed by atoms with E-state index in [1.54, 1.807) is 0 Å². The second-order valence-corrected chi connectivity index (χ2v) is 3.17. The van der Waals surface area contributed by atoms with Crippen molar-refractivity contribution in [1.29, 1.82) is 0 Å². The van der Waals surface area contributed by atoms with Crippen molar-refractivity contribution in [2.24, 2.45) is 0 Å². The van der Waals surface area contributed by atoms with Gasteiger partial charge in [0.25, 0.3) is 6.43 Å². The molecule has 0 aliphatic rings.